The van der Waals surface area contributed by atoms with Crippen LogP contribution in [-0.2, 0) is 11.3 Å². The third kappa shape index (κ3) is 2.86. The van der Waals surface area contributed by atoms with Gasteiger partial charge in [0.05, 0.1) is 5.52 Å². The van der Waals surface area contributed by atoms with Gasteiger partial charge < -0.3 is 4.90 Å². The van der Waals surface area contributed by atoms with E-state index in [0.717, 1.165) is 49.0 Å². The fourth-order valence-corrected chi connectivity index (χ4v) is 5.59. The van der Waals surface area contributed by atoms with Crippen LogP contribution in [0.25, 0.3) is 16.6 Å². The Kier molecular flexibility index (Phi) is 4.18. The Labute approximate surface area is 174 Å². The Balaban J connectivity index is 1.39. The first-order valence-corrected chi connectivity index (χ1v) is 11.4. The van der Waals surface area contributed by atoms with Gasteiger partial charge in [0.2, 0.25) is 5.91 Å². The average molecular weight is 406 g/mol. The summed E-state index contributed by atoms with van der Waals surface area (Å²) < 4.78 is 3.01. The zero-order valence-electron chi connectivity index (χ0n) is 17.2. The molecule has 7 nitrogen and oxygen atoms in total. The molecule has 156 valence electrons. The van der Waals surface area contributed by atoms with Crippen molar-refractivity contribution in [1.29, 1.82) is 0 Å². The van der Waals surface area contributed by atoms with Crippen LogP contribution in [0.4, 0.5) is 0 Å². The lowest BCUT2D eigenvalue weighted by atomic mass is 9.78. The van der Waals surface area contributed by atoms with Gasteiger partial charge in [0.15, 0.2) is 5.65 Å². The number of likely N-dealkylation sites (tertiary alicyclic amines) is 1. The Hall–Kier alpha value is -2.70. The van der Waals surface area contributed by atoms with Gasteiger partial charge in [-0.05, 0) is 56.6 Å². The van der Waals surface area contributed by atoms with Crippen LogP contribution in [-0.4, -0.2) is 42.6 Å². The maximum atomic E-state index is 13.3. The van der Waals surface area contributed by atoms with Gasteiger partial charge >= 0.3 is 5.69 Å². The zero-order valence-corrected chi connectivity index (χ0v) is 17.2. The van der Waals surface area contributed by atoms with E-state index < -0.39 is 0 Å². The highest BCUT2D eigenvalue weighted by molar-refractivity contribution is 5.91. The molecule has 7 heteroatoms. The van der Waals surface area contributed by atoms with E-state index in [9.17, 15) is 9.59 Å². The Morgan fingerprint density at radius 2 is 1.83 bits per heavy atom. The van der Waals surface area contributed by atoms with E-state index in [2.05, 4.69) is 5.10 Å². The second-order valence-electron chi connectivity index (χ2n) is 9.20. The zero-order chi connectivity index (χ0) is 20.2. The monoisotopic (exact) mass is 405 g/mol. The Morgan fingerprint density at radius 1 is 1.03 bits per heavy atom. The van der Waals surface area contributed by atoms with Gasteiger partial charge in [0, 0.05) is 23.9 Å². The number of benzene rings is 1. The fourth-order valence-electron chi connectivity index (χ4n) is 5.59. The predicted molar refractivity (Wildman–Crippen MR) is 113 cm³/mol. The van der Waals surface area contributed by atoms with E-state index in [4.69, 9.17) is 4.98 Å². The minimum absolute atomic E-state index is 0.0160. The summed E-state index contributed by atoms with van der Waals surface area (Å²) in [7, 11) is 0. The summed E-state index contributed by atoms with van der Waals surface area (Å²) in [5.41, 5.74) is 1.24. The van der Waals surface area contributed by atoms with Gasteiger partial charge in [-0.25, -0.2) is 18.9 Å². The van der Waals surface area contributed by atoms with Crippen LogP contribution in [0.5, 0.6) is 0 Å². The molecule has 1 aliphatic heterocycles. The molecule has 1 aromatic carbocycles. The number of amides is 1. The van der Waals surface area contributed by atoms with Crippen molar-refractivity contribution in [3.8, 4) is 0 Å². The molecule has 6 rings (SSSR count). The van der Waals surface area contributed by atoms with E-state index in [0.29, 0.717) is 23.5 Å². The molecule has 3 aromatic rings. The molecule has 2 atom stereocenters. The number of nitrogens with zero attached hydrogens (tertiary/aromatic N) is 5. The molecule has 30 heavy (non-hydrogen) atoms. The molecule has 0 radical (unpaired) electrons. The van der Waals surface area contributed by atoms with Gasteiger partial charge in [0.1, 0.15) is 12.4 Å². The van der Waals surface area contributed by atoms with Crippen molar-refractivity contribution in [2.24, 2.45) is 5.92 Å². The van der Waals surface area contributed by atoms with E-state index in [1.165, 1.54) is 30.4 Å². The summed E-state index contributed by atoms with van der Waals surface area (Å²) in [6.07, 6.45) is 9.18. The largest absolute Gasteiger partial charge is 0.352 e. The van der Waals surface area contributed by atoms with Crippen LogP contribution < -0.4 is 5.69 Å². The minimum atomic E-state index is -0.240. The third-order valence-corrected chi connectivity index (χ3v) is 7.24. The van der Waals surface area contributed by atoms with Crippen molar-refractivity contribution in [1.82, 2.24) is 24.1 Å². The maximum Gasteiger partial charge on any atom is 0.352 e. The highest BCUT2D eigenvalue weighted by Gasteiger charge is 2.36. The maximum absolute atomic E-state index is 13.3. The number of carbonyl (C=O) groups is 1. The first kappa shape index (κ1) is 18.1. The number of hydrogen-bond acceptors (Lipinski definition) is 4. The molecule has 0 spiro atoms. The van der Waals surface area contributed by atoms with Crippen molar-refractivity contribution in [2.75, 3.05) is 6.54 Å². The summed E-state index contributed by atoms with van der Waals surface area (Å²) in [5, 5.41) is 5.49. The van der Waals surface area contributed by atoms with Crippen molar-refractivity contribution in [3.05, 3.63) is 40.6 Å². The van der Waals surface area contributed by atoms with Crippen molar-refractivity contribution in [3.63, 3.8) is 0 Å². The van der Waals surface area contributed by atoms with Crippen LogP contribution >= 0.6 is 0 Å². The SMILES string of the molecule is O=C(Cn1nc2c3ccccc3nc(C3CC3)n2c1=O)N1CCC[C@H]2CCCC[C@@H]21. The molecule has 3 fully saturated rings. The van der Waals surface area contributed by atoms with Crippen LogP contribution in [0, 0.1) is 5.92 Å². The first-order chi connectivity index (χ1) is 14.7. The molecule has 2 aliphatic carbocycles. The summed E-state index contributed by atoms with van der Waals surface area (Å²) >= 11 is 0. The molecule has 3 aliphatic rings. The molecule has 0 bridgehead atoms. The van der Waals surface area contributed by atoms with Crippen LogP contribution in [0.15, 0.2) is 29.1 Å². The van der Waals surface area contributed by atoms with E-state index in [1.54, 1.807) is 4.40 Å². The van der Waals surface area contributed by atoms with Crippen LogP contribution in [0.2, 0.25) is 0 Å². The van der Waals surface area contributed by atoms with Gasteiger partial charge in [-0.2, -0.15) is 0 Å². The van der Waals surface area contributed by atoms with Gasteiger partial charge in [-0.1, -0.05) is 25.0 Å². The van der Waals surface area contributed by atoms with Crippen molar-refractivity contribution < 1.29 is 4.79 Å². The number of piperidine rings is 1. The lowest BCUT2D eigenvalue weighted by molar-refractivity contribution is -0.138. The average Bonchev–Trinajstić information content (AvgIpc) is 3.58. The lowest BCUT2D eigenvalue weighted by Gasteiger charge is -2.44. The molecule has 3 heterocycles. The summed E-state index contributed by atoms with van der Waals surface area (Å²) in [4.78, 5) is 33.3. The van der Waals surface area contributed by atoms with Crippen LogP contribution in [0.1, 0.15) is 63.1 Å². The van der Waals surface area contributed by atoms with Crippen molar-refractivity contribution >= 4 is 22.5 Å². The summed E-state index contributed by atoms with van der Waals surface area (Å²) in [6, 6.07) is 8.15. The second-order valence-corrected chi connectivity index (χ2v) is 9.20. The molecular weight excluding hydrogens is 378 g/mol. The van der Waals surface area contributed by atoms with Gasteiger partial charge in [-0.15, -0.1) is 5.10 Å². The van der Waals surface area contributed by atoms with Crippen LogP contribution in [0.3, 0.4) is 0 Å². The number of aromatic nitrogens is 4. The smallest absolute Gasteiger partial charge is 0.338 e. The minimum Gasteiger partial charge on any atom is -0.338 e. The topological polar surface area (TPSA) is 72.5 Å². The van der Waals surface area contributed by atoms with E-state index in [-0.39, 0.29) is 18.1 Å². The molecule has 2 saturated carbocycles. The van der Waals surface area contributed by atoms with Gasteiger partial charge in [-0.3, -0.25) is 4.79 Å². The van der Waals surface area contributed by atoms with E-state index >= 15 is 0 Å². The quantitative estimate of drug-likeness (QED) is 0.671. The molecule has 0 N–H and O–H groups in total. The second kappa shape index (κ2) is 6.93. The predicted octanol–water partition coefficient (Wildman–Crippen LogP) is 3.10. The summed E-state index contributed by atoms with van der Waals surface area (Å²) in [6.45, 7) is 0.822. The van der Waals surface area contributed by atoms with Crippen molar-refractivity contribution in [2.45, 2.75) is 69.9 Å². The number of hydrogen-bond donors (Lipinski definition) is 0. The normalized spacial score (nSPS) is 24.3. The van der Waals surface area contributed by atoms with Gasteiger partial charge in [0.25, 0.3) is 0 Å². The Bertz CT molecular complexity index is 1190. The molecule has 2 aromatic heterocycles. The highest BCUT2D eigenvalue weighted by atomic mass is 16.2. The fraction of sp³-hybridized carbons (Fsp3) is 0.565. The molecular formula is C23H27N5O2. The Morgan fingerprint density at radius 3 is 2.70 bits per heavy atom. The molecule has 1 saturated heterocycles. The molecule has 0 unspecified atom stereocenters. The summed E-state index contributed by atoms with van der Waals surface area (Å²) in [5.74, 6) is 1.76. The number of para-hydroxylation sites is 1. The number of fused-ring (bicyclic) bond motifs is 4. The first-order valence-electron chi connectivity index (χ1n) is 11.4. The van der Waals surface area contributed by atoms with E-state index in [1.807, 2.05) is 29.2 Å². The number of rotatable bonds is 3. The highest BCUT2D eigenvalue weighted by Crippen LogP contribution is 2.39. The lowest BCUT2D eigenvalue weighted by Crippen LogP contribution is -2.51. The standard InChI is InChI=1S/C23H27N5O2/c29-20(26-13-5-7-15-6-1-4-10-19(15)26)14-27-23(30)28-21(16-11-12-16)24-18-9-3-2-8-17(18)22(28)25-27/h2-3,8-9,15-16,19H,1,4-7,10-14H2/t15-,19+/m1/s1. The molecule has 1 amide bonds. The third-order valence-electron chi connectivity index (χ3n) is 7.24. The number of carbonyl (C=O) groups excluding carboxylic acids is 1.